The van der Waals surface area contributed by atoms with Crippen LogP contribution >= 0.6 is 63.7 Å². The molecule has 0 spiro atoms. The molecule has 8 atom stereocenters. The zero-order valence-corrected chi connectivity index (χ0v) is 38.2. The lowest BCUT2D eigenvalue weighted by atomic mass is 9.75. The molecule has 14 heteroatoms. The van der Waals surface area contributed by atoms with Gasteiger partial charge in [-0.2, -0.15) is 0 Å². The van der Waals surface area contributed by atoms with E-state index in [0.717, 1.165) is 30.7 Å². The number of carbonyl (C=O) groups excluding carboxylic acids is 4. The third-order valence-corrected chi connectivity index (χ3v) is 12.4. The SMILES string of the molecule is CC(C)[C@@H]1CC[C@@H](C)C[C@H]1O[C@H]1O[C@@H](COC(=O)c2ccc(Br)cc2)[C@H](OC(=O)c2ccc(Br)cc2)[C@@H](OC(=O)c2ccc(Br)cc2)[C@@H]1OC(=O)c1ccc(Br)cc1. The summed E-state index contributed by atoms with van der Waals surface area (Å²) in [6.45, 7) is 5.98. The number of carbonyl (C=O) groups is 4. The van der Waals surface area contributed by atoms with Crippen molar-refractivity contribution in [1.82, 2.24) is 0 Å². The van der Waals surface area contributed by atoms with Gasteiger partial charge in [-0.25, -0.2) is 19.2 Å². The fourth-order valence-corrected chi connectivity index (χ4v) is 8.18. The third kappa shape index (κ3) is 11.4. The Morgan fingerprint density at radius 3 is 1.41 bits per heavy atom. The van der Waals surface area contributed by atoms with E-state index in [9.17, 15) is 19.2 Å². The van der Waals surface area contributed by atoms with E-state index >= 15 is 0 Å². The Bertz CT molecular complexity index is 2040. The van der Waals surface area contributed by atoms with Gasteiger partial charge in [0.25, 0.3) is 0 Å². The highest BCUT2D eigenvalue weighted by molar-refractivity contribution is 9.11. The van der Waals surface area contributed by atoms with E-state index < -0.39 is 61.2 Å². The molecule has 6 rings (SSSR count). The summed E-state index contributed by atoms with van der Waals surface area (Å²) in [4.78, 5) is 55.4. The first-order valence-electron chi connectivity index (χ1n) is 18.9. The first kappa shape index (κ1) is 44.2. The molecule has 0 unspecified atom stereocenters. The van der Waals surface area contributed by atoms with Crippen LogP contribution in [0.15, 0.2) is 115 Å². The molecule has 58 heavy (non-hydrogen) atoms. The van der Waals surface area contributed by atoms with E-state index in [1.807, 2.05) is 0 Å². The Hall–Kier alpha value is -3.40. The first-order valence-corrected chi connectivity index (χ1v) is 22.1. The second kappa shape index (κ2) is 20.2. The van der Waals surface area contributed by atoms with Crippen LogP contribution in [-0.2, 0) is 28.4 Å². The van der Waals surface area contributed by atoms with Gasteiger partial charge >= 0.3 is 23.9 Å². The predicted octanol–water partition coefficient (Wildman–Crippen LogP) is 10.8. The molecule has 2 aliphatic rings. The van der Waals surface area contributed by atoms with Gasteiger partial charge in [0.2, 0.25) is 0 Å². The molecule has 2 fully saturated rings. The van der Waals surface area contributed by atoms with Crippen LogP contribution in [0.3, 0.4) is 0 Å². The standard InChI is InChI=1S/C44H42Br4O10/c1-24(2)34-21-4-25(3)22-35(34)54-44-39(58-43(52)29-11-19-33(48)20-12-29)38(57-42(51)28-9-17-32(47)18-10-28)37(56-41(50)27-7-15-31(46)16-8-27)36(55-44)23-53-40(49)26-5-13-30(45)14-6-26/h5-20,24-25,34-39,44H,4,21-23H2,1-3H3/t25-,34+,35-,36+,37+,38-,39+,44+/m1/s1. The Balaban J connectivity index is 1.44. The van der Waals surface area contributed by atoms with Crippen molar-refractivity contribution in [1.29, 1.82) is 0 Å². The van der Waals surface area contributed by atoms with E-state index in [-0.39, 0.29) is 40.2 Å². The number of benzene rings is 4. The zero-order valence-electron chi connectivity index (χ0n) is 31.9. The van der Waals surface area contributed by atoms with Crippen LogP contribution in [0.1, 0.15) is 81.5 Å². The number of rotatable bonds is 12. The Morgan fingerprint density at radius 2 is 0.983 bits per heavy atom. The lowest BCUT2D eigenvalue weighted by Gasteiger charge is -2.47. The molecule has 1 saturated carbocycles. The molecule has 10 nitrogen and oxygen atoms in total. The minimum atomic E-state index is -1.51. The van der Waals surface area contributed by atoms with E-state index in [1.165, 1.54) is 0 Å². The molecule has 1 heterocycles. The first-order chi connectivity index (χ1) is 27.7. The van der Waals surface area contributed by atoms with E-state index in [0.29, 0.717) is 12.3 Å². The zero-order chi connectivity index (χ0) is 41.5. The summed E-state index contributed by atoms with van der Waals surface area (Å²) in [5.74, 6) is -2.28. The van der Waals surface area contributed by atoms with Crippen molar-refractivity contribution in [2.75, 3.05) is 6.61 Å². The van der Waals surface area contributed by atoms with Gasteiger partial charge in [0, 0.05) is 17.9 Å². The van der Waals surface area contributed by atoms with Crippen molar-refractivity contribution in [2.45, 2.75) is 76.8 Å². The molecule has 0 N–H and O–H groups in total. The Morgan fingerprint density at radius 1 is 0.586 bits per heavy atom. The summed E-state index contributed by atoms with van der Waals surface area (Å²) < 4.78 is 41.0. The molecular weight excluding hydrogens is 1010 g/mol. The quantitative estimate of drug-likeness (QED) is 0.100. The second-order valence-electron chi connectivity index (χ2n) is 14.8. The third-order valence-electron chi connectivity index (χ3n) is 10.3. The van der Waals surface area contributed by atoms with Gasteiger partial charge in [0.15, 0.2) is 24.6 Å². The number of ether oxygens (including phenoxy) is 6. The van der Waals surface area contributed by atoms with Crippen LogP contribution in [0, 0.1) is 17.8 Å². The van der Waals surface area contributed by atoms with Crippen LogP contribution in [0.4, 0.5) is 0 Å². The van der Waals surface area contributed by atoms with Gasteiger partial charge in [0.1, 0.15) is 12.7 Å². The molecule has 0 bridgehead atoms. The summed E-state index contributed by atoms with van der Waals surface area (Å²) in [6.07, 6.45) is -4.75. The maximum absolute atomic E-state index is 14.1. The summed E-state index contributed by atoms with van der Waals surface area (Å²) in [5, 5.41) is 0. The van der Waals surface area contributed by atoms with Crippen molar-refractivity contribution in [2.24, 2.45) is 17.8 Å². The lowest BCUT2D eigenvalue weighted by molar-refractivity contribution is -0.315. The smallest absolute Gasteiger partial charge is 0.338 e. The summed E-state index contributed by atoms with van der Waals surface area (Å²) in [5.41, 5.74) is 0.845. The van der Waals surface area contributed by atoms with Gasteiger partial charge in [0.05, 0.1) is 28.4 Å². The van der Waals surface area contributed by atoms with E-state index in [2.05, 4.69) is 84.5 Å². The molecule has 4 aromatic rings. The molecule has 1 aliphatic carbocycles. The molecule has 306 valence electrons. The molecule has 0 amide bonds. The molecular formula is C44H42Br4O10. The van der Waals surface area contributed by atoms with E-state index in [4.69, 9.17) is 28.4 Å². The van der Waals surface area contributed by atoms with Crippen LogP contribution in [0.25, 0.3) is 0 Å². The van der Waals surface area contributed by atoms with Crippen LogP contribution in [-0.4, -0.2) is 67.3 Å². The Labute approximate surface area is 371 Å². The second-order valence-corrected chi connectivity index (χ2v) is 18.4. The minimum Gasteiger partial charge on any atom is -0.459 e. The molecule has 0 radical (unpaired) electrons. The average Bonchev–Trinajstić information content (AvgIpc) is 3.20. The normalized spacial score (nSPS) is 24.4. The van der Waals surface area contributed by atoms with Gasteiger partial charge in [-0.05, 0) is 128 Å². The van der Waals surface area contributed by atoms with Crippen LogP contribution in [0.2, 0.25) is 0 Å². The number of halogens is 4. The molecule has 1 aliphatic heterocycles. The van der Waals surface area contributed by atoms with Crippen LogP contribution < -0.4 is 0 Å². The minimum absolute atomic E-state index is 0.132. The van der Waals surface area contributed by atoms with Crippen LogP contribution in [0.5, 0.6) is 0 Å². The predicted molar refractivity (Wildman–Crippen MR) is 229 cm³/mol. The van der Waals surface area contributed by atoms with Gasteiger partial charge in [-0.3, -0.25) is 0 Å². The van der Waals surface area contributed by atoms with Crippen molar-refractivity contribution in [3.8, 4) is 0 Å². The summed E-state index contributed by atoms with van der Waals surface area (Å²) in [7, 11) is 0. The highest BCUT2D eigenvalue weighted by Crippen LogP contribution is 2.39. The summed E-state index contributed by atoms with van der Waals surface area (Å²) >= 11 is 13.6. The van der Waals surface area contributed by atoms with Crippen molar-refractivity contribution in [3.05, 3.63) is 137 Å². The highest BCUT2D eigenvalue weighted by atomic mass is 79.9. The number of hydrogen-bond acceptors (Lipinski definition) is 10. The summed E-state index contributed by atoms with van der Waals surface area (Å²) in [6, 6.07) is 26.2. The van der Waals surface area contributed by atoms with Crippen molar-refractivity contribution < 1.29 is 47.6 Å². The number of hydrogen-bond donors (Lipinski definition) is 0. The lowest BCUT2D eigenvalue weighted by Crippen LogP contribution is -2.64. The topological polar surface area (TPSA) is 124 Å². The fraction of sp³-hybridized carbons (Fsp3) is 0.364. The van der Waals surface area contributed by atoms with Crippen molar-refractivity contribution in [3.63, 3.8) is 0 Å². The maximum atomic E-state index is 14.1. The molecule has 4 aromatic carbocycles. The molecule has 0 aromatic heterocycles. The number of esters is 4. The maximum Gasteiger partial charge on any atom is 0.338 e. The fourth-order valence-electron chi connectivity index (χ4n) is 7.13. The largest absolute Gasteiger partial charge is 0.459 e. The Kier molecular flexibility index (Phi) is 15.4. The van der Waals surface area contributed by atoms with Gasteiger partial charge in [-0.15, -0.1) is 0 Å². The van der Waals surface area contributed by atoms with Gasteiger partial charge in [-0.1, -0.05) is 90.9 Å². The monoisotopic (exact) mass is 1050 g/mol. The van der Waals surface area contributed by atoms with E-state index in [1.54, 1.807) is 97.1 Å². The highest BCUT2D eigenvalue weighted by Gasteiger charge is 2.54. The average molecular weight is 1050 g/mol. The molecule has 1 saturated heterocycles. The van der Waals surface area contributed by atoms with Gasteiger partial charge < -0.3 is 28.4 Å². The van der Waals surface area contributed by atoms with Crippen molar-refractivity contribution >= 4 is 87.6 Å².